The Labute approximate surface area is 183 Å². The third-order valence-electron chi connectivity index (χ3n) is 6.93. The summed E-state index contributed by atoms with van der Waals surface area (Å²) < 4.78 is 8.15. The Kier molecular flexibility index (Phi) is 4.69. The van der Waals surface area contributed by atoms with Crippen LogP contribution in [-0.2, 0) is 4.74 Å². The first kappa shape index (κ1) is 19.2. The van der Waals surface area contributed by atoms with Crippen LogP contribution in [-0.4, -0.2) is 70.9 Å². The molecule has 162 valence electrons. The molecular formula is C24H30N6O. The van der Waals surface area contributed by atoms with E-state index in [9.17, 15) is 0 Å². The number of benzene rings is 1. The largest absolute Gasteiger partial charge is 0.379 e. The minimum atomic E-state index is 0.266. The van der Waals surface area contributed by atoms with Crippen LogP contribution < -0.4 is 4.90 Å². The van der Waals surface area contributed by atoms with Gasteiger partial charge in [0.15, 0.2) is 17.0 Å². The Morgan fingerprint density at radius 2 is 1.77 bits per heavy atom. The Morgan fingerprint density at radius 3 is 2.52 bits per heavy atom. The van der Waals surface area contributed by atoms with Crippen LogP contribution in [0.2, 0.25) is 0 Å². The summed E-state index contributed by atoms with van der Waals surface area (Å²) in [5, 5.41) is 0. The van der Waals surface area contributed by atoms with Gasteiger partial charge in [0.25, 0.3) is 0 Å². The van der Waals surface area contributed by atoms with Crippen molar-refractivity contribution in [2.45, 2.75) is 38.1 Å². The van der Waals surface area contributed by atoms with Gasteiger partial charge < -0.3 is 19.1 Å². The van der Waals surface area contributed by atoms with Crippen molar-refractivity contribution in [2.24, 2.45) is 0 Å². The molecule has 1 saturated carbocycles. The quantitative estimate of drug-likeness (QED) is 0.647. The maximum absolute atomic E-state index is 5.79. The van der Waals surface area contributed by atoms with E-state index in [0.717, 1.165) is 74.4 Å². The summed E-state index contributed by atoms with van der Waals surface area (Å²) in [5.41, 5.74) is 4.56. The van der Waals surface area contributed by atoms with Crippen molar-refractivity contribution in [3.63, 3.8) is 0 Å². The first-order valence-corrected chi connectivity index (χ1v) is 11.6. The van der Waals surface area contributed by atoms with Crippen LogP contribution >= 0.6 is 0 Å². The van der Waals surface area contributed by atoms with Gasteiger partial charge in [-0.05, 0) is 44.7 Å². The van der Waals surface area contributed by atoms with Gasteiger partial charge in [-0.1, -0.05) is 24.3 Å². The molecule has 2 aliphatic heterocycles. The van der Waals surface area contributed by atoms with Crippen LogP contribution in [0.5, 0.6) is 0 Å². The molecular weight excluding hydrogens is 388 g/mol. The highest BCUT2D eigenvalue weighted by Gasteiger charge is 2.32. The molecule has 0 bridgehead atoms. The normalized spacial score (nSPS) is 22.5. The number of anilines is 1. The van der Waals surface area contributed by atoms with Crippen LogP contribution in [0.4, 0.5) is 5.82 Å². The zero-order valence-electron chi connectivity index (χ0n) is 18.4. The van der Waals surface area contributed by atoms with Crippen molar-refractivity contribution in [1.82, 2.24) is 24.4 Å². The van der Waals surface area contributed by atoms with E-state index in [1.165, 1.54) is 24.0 Å². The average molecular weight is 419 g/mol. The molecule has 0 N–H and O–H groups in total. The second-order valence-corrected chi connectivity index (χ2v) is 9.24. The Hall–Kier alpha value is -2.51. The molecule has 6 rings (SSSR count). The van der Waals surface area contributed by atoms with Gasteiger partial charge in [0, 0.05) is 38.3 Å². The predicted octanol–water partition coefficient (Wildman–Crippen LogP) is 3.39. The van der Waals surface area contributed by atoms with Gasteiger partial charge in [-0.15, -0.1) is 0 Å². The lowest BCUT2D eigenvalue weighted by Crippen LogP contribution is -2.45. The smallest absolute Gasteiger partial charge is 0.166 e. The van der Waals surface area contributed by atoms with Crippen molar-refractivity contribution in [3.05, 3.63) is 35.7 Å². The Morgan fingerprint density at radius 1 is 0.968 bits per heavy atom. The van der Waals surface area contributed by atoms with E-state index < -0.39 is 0 Å². The Bertz CT molecular complexity index is 1110. The number of nitrogens with zero attached hydrogens (tertiary/aromatic N) is 6. The van der Waals surface area contributed by atoms with Crippen LogP contribution in [0.1, 0.15) is 42.6 Å². The molecule has 4 heterocycles. The molecule has 31 heavy (non-hydrogen) atoms. The highest BCUT2D eigenvalue weighted by Crippen LogP contribution is 2.45. The molecule has 0 unspecified atom stereocenters. The van der Waals surface area contributed by atoms with E-state index in [1.807, 2.05) is 6.92 Å². The van der Waals surface area contributed by atoms with Crippen molar-refractivity contribution in [1.29, 1.82) is 0 Å². The number of piperazine rings is 1. The maximum Gasteiger partial charge on any atom is 0.166 e. The second-order valence-electron chi connectivity index (χ2n) is 9.24. The molecule has 0 radical (unpaired) electrons. The van der Waals surface area contributed by atoms with Gasteiger partial charge in [0.2, 0.25) is 0 Å². The summed E-state index contributed by atoms with van der Waals surface area (Å²) >= 11 is 0. The van der Waals surface area contributed by atoms with E-state index in [4.69, 9.17) is 19.7 Å². The summed E-state index contributed by atoms with van der Waals surface area (Å²) in [6.07, 6.45) is 3.54. The molecule has 1 atom stereocenters. The van der Waals surface area contributed by atoms with Crippen LogP contribution in [0.25, 0.3) is 22.6 Å². The zero-order chi connectivity index (χ0) is 20.9. The van der Waals surface area contributed by atoms with E-state index >= 15 is 0 Å². The summed E-state index contributed by atoms with van der Waals surface area (Å²) in [7, 11) is 2.18. The van der Waals surface area contributed by atoms with E-state index in [0.29, 0.717) is 5.92 Å². The second kappa shape index (κ2) is 7.57. The predicted molar refractivity (Wildman–Crippen MR) is 122 cm³/mol. The van der Waals surface area contributed by atoms with Gasteiger partial charge in [-0.25, -0.2) is 15.0 Å². The van der Waals surface area contributed by atoms with Crippen LogP contribution in [0.3, 0.4) is 0 Å². The number of hydrogen-bond donors (Lipinski definition) is 0. The molecule has 7 heteroatoms. The number of imidazole rings is 1. The van der Waals surface area contributed by atoms with E-state index in [-0.39, 0.29) is 6.04 Å². The van der Waals surface area contributed by atoms with E-state index in [2.05, 4.69) is 45.7 Å². The summed E-state index contributed by atoms with van der Waals surface area (Å²) in [6, 6.07) is 9.07. The number of hydrogen-bond acceptors (Lipinski definition) is 6. The molecule has 2 saturated heterocycles. The molecule has 0 amide bonds. The third kappa shape index (κ3) is 3.40. The fourth-order valence-electron chi connectivity index (χ4n) is 5.02. The first-order chi connectivity index (χ1) is 15.2. The van der Waals surface area contributed by atoms with Crippen LogP contribution in [0.15, 0.2) is 24.3 Å². The van der Waals surface area contributed by atoms with E-state index in [1.54, 1.807) is 0 Å². The monoisotopic (exact) mass is 418 g/mol. The number of fused-ring (bicyclic) bond motifs is 1. The van der Waals surface area contributed by atoms with Gasteiger partial charge in [-0.2, -0.15) is 0 Å². The SMILES string of the molecule is Cc1nc(N2CCN(C)CC2)c2nc(-c3ccccc3C3CC3)n([C@@H]3CCOC3)c2n1. The molecule has 1 aliphatic carbocycles. The topological polar surface area (TPSA) is 59.3 Å². The summed E-state index contributed by atoms with van der Waals surface area (Å²) in [6.45, 7) is 7.53. The molecule has 0 spiro atoms. The average Bonchev–Trinajstić information content (AvgIpc) is 3.35. The number of aryl methyl sites for hydroxylation is 1. The highest BCUT2D eigenvalue weighted by atomic mass is 16.5. The van der Waals surface area contributed by atoms with Gasteiger partial charge >= 0.3 is 0 Å². The minimum absolute atomic E-state index is 0.266. The molecule has 2 aromatic heterocycles. The zero-order valence-corrected chi connectivity index (χ0v) is 18.4. The highest BCUT2D eigenvalue weighted by molar-refractivity contribution is 5.88. The molecule has 7 nitrogen and oxygen atoms in total. The number of rotatable bonds is 4. The number of aromatic nitrogens is 4. The Balaban J connectivity index is 1.56. The lowest BCUT2D eigenvalue weighted by molar-refractivity contribution is 0.187. The number of likely N-dealkylation sites (N-methyl/N-ethyl adjacent to an activating group) is 1. The van der Waals surface area contributed by atoms with Crippen molar-refractivity contribution in [2.75, 3.05) is 51.3 Å². The molecule has 1 aromatic carbocycles. The van der Waals surface area contributed by atoms with Gasteiger partial charge in [-0.3, -0.25) is 0 Å². The van der Waals surface area contributed by atoms with Crippen LogP contribution in [0, 0.1) is 6.92 Å². The minimum Gasteiger partial charge on any atom is -0.379 e. The van der Waals surface area contributed by atoms with Crippen molar-refractivity contribution in [3.8, 4) is 11.4 Å². The molecule has 3 aromatic rings. The first-order valence-electron chi connectivity index (χ1n) is 11.6. The molecule has 3 aliphatic rings. The fourth-order valence-corrected chi connectivity index (χ4v) is 5.02. The van der Waals surface area contributed by atoms with Gasteiger partial charge in [0.05, 0.1) is 12.6 Å². The number of ether oxygens (including phenoxy) is 1. The summed E-state index contributed by atoms with van der Waals surface area (Å²) in [4.78, 5) is 19.8. The standard InChI is InChI=1S/C24H30N6O/c1-16-25-23(29-12-10-28(2)11-13-29)21-24(26-16)30(18-9-14-31-15-18)22(27-21)20-6-4-3-5-19(20)17-7-8-17/h3-6,17-18H,7-15H2,1-2H3/t18-/m1/s1. The van der Waals surface area contributed by atoms with Crippen molar-refractivity contribution < 1.29 is 4.74 Å². The van der Waals surface area contributed by atoms with Crippen molar-refractivity contribution >= 4 is 17.0 Å². The third-order valence-corrected chi connectivity index (χ3v) is 6.93. The lowest BCUT2D eigenvalue weighted by Gasteiger charge is -2.33. The van der Waals surface area contributed by atoms with Gasteiger partial charge in [0.1, 0.15) is 11.6 Å². The lowest BCUT2D eigenvalue weighted by atomic mass is 10.0. The molecule has 3 fully saturated rings. The fraction of sp³-hybridized carbons (Fsp3) is 0.542. The maximum atomic E-state index is 5.79. The summed E-state index contributed by atoms with van der Waals surface area (Å²) in [5.74, 6) is 3.49.